The third kappa shape index (κ3) is 4.32. The molecule has 0 spiro atoms. The lowest BCUT2D eigenvalue weighted by Crippen LogP contribution is -2.03. The van der Waals surface area contributed by atoms with Crippen LogP contribution in [-0.2, 0) is 14.3 Å². The molecular weight excluding hydrogens is 260 g/mol. The van der Waals surface area contributed by atoms with E-state index in [9.17, 15) is 9.59 Å². The largest absolute Gasteiger partial charge is 0.495 e. The van der Waals surface area contributed by atoms with E-state index in [0.717, 1.165) is 0 Å². The molecule has 1 aromatic rings. The molecule has 5 nitrogen and oxygen atoms in total. The first-order chi connectivity index (χ1) is 9.62. The third-order valence-corrected chi connectivity index (χ3v) is 2.38. The van der Waals surface area contributed by atoms with Crippen molar-refractivity contribution < 1.29 is 23.8 Å². The van der Waals surface area contributed by atoms with Crippen LogP contribution in [0.25, 0.3) is 0 Å². The van der Waals surface area contributed by atoms with Gasteiger partial charge in [0.25, 0.3) is 0 Å². The summed E-state index contributed by atoms with van der Waals surface area (Å²) in [5, 5.41) is 0. The van der Waals surface area contributed by atoms with Gasteiger partial charge < -0.3 is 14.2 Å². The van der Waals surface area contributed by atoms with Crippen LogP contribution in [0.2, 0.25) is 0 Å². The SMILES string of the molecule is CCOC(=O)CC#Cc1cc(C(=O)OC)ccc1OC. The van der Waals surface area contributed by atoms with E-state index in [1.54, 1.807) is 25.1 Å². The van der Waals surface area contributed by atoms with Gasteiger partial charge >= 0.3 is 11.9 Å². The molecule has 0 heterocycles. The van der Waals surface area contributed by atoms with Crippen LogP contribution in [0.5, 0.6) is 5.75 Å². The van der Waals surface area contributed by atoms with E-state index in [1.165, 1.54) is 14.2 Å². The number of carbonyl (C=O) groups excluding carboxylic acids is 2. The van der Waals surface area contributed by atoms with Gasteiger partial charge in [-0.2, -0.15) is 0 Å². The van der Waals surface area contributed by atoms with E-state index in [1.807, 2.05) is 0 Å². The third-order valence-electron chi connectivity index (χ3n) is 2.38. The van der Waals surface area contributed by atoms with E-state index in [2.05, 4.69) is 16.6 Å². The molecule has 0 bridgehead atoms. The van der Waals surface area contributed by atoms with Crippen molar-refractivity contribution in [1.82, 2.24) is 0 Å². The Bertz CT molecular complexity index is 551. The molecule has 0 fully saturated rings. The second-order valence-electron chi connectivity index (χ2n) is 3.69. The highest BCUT2D eigenvalue weighted by Crippen LogP contribution is 2.19. The zero-order chi connectivity index (χ0) is 15.0. The van der Waals surface area contributed by atoms with Crippen LogP contribution >= 0.6 is 0 Å². The molecule has 1 rings (SSSR count). The maximum absolute atomic E-state index is 11.4. The Labute approximate surface area is 117 Å². The van der Waals surface area contributed by atoms with E-state index in [-0.39, 0.29) is 12.4 Å². The zero-order valence-corrected chi connectivity index (χ0v) is 11.7. The number of ether oxygens (including phenoxy) is 3. The number of hydrogen-bond acceptors (Lipinski definition) is 5. The first-order valence-electron chi connectivity index (χ1n) is 6.03. The lowest BCUT2D eigenvalue weighted by atomic mass is 10.1. The molecule has 1 aromatic carbocycles. The molecule has 0 atom stereocenters. The minimum atomic E-state index is -0.457. The minimum Gasteiger partial charge on any atom is -0.495 e. The molecule has 0 saturated carbocycles. The highest BCUT2D eigenvalue weighted by atomic mass is 16.5. The molecule has 0 N–H and O–H groups in total. The maximum atomic E-state index is 11.4. The van der Waals surface area contributed by atoms with Gasteiger partial charge in [0.15, 0.2) is 0 Å². The number of methoxy groups -OCH3 is 2. The Morgan fingerprint density at radius 1 is 1.25 bits per heavy atom. The quantitative estimate of drug-likeness (QED) is 0.619. The molecule has 0 saturated heterocycles. The van der Waals surface area contributed by atoms with E-state index < -0.39 is 5.97 Å². The van der Waals surface area contributed by atoms with Crippen molar-refractivity contribution in [1.29, 1.82) is 0 Å². The van der Waals surface area contributed by atoms with Crippen molar-refractivity contribution in [3.63, 3.8) is 0 Å². The summed E-state index contributed by atoms with van der Waals surface area (Å²) >= 11 is 0. The standard InChI is InChI=1S/C15H16O5/c1-4-20-14(16)7-5-6-11-10-12(15(17)19-3)8-9-13(11)18-2/h8-10H,4,7H2,1-3H3. The topological polar surface area (TPSA) is 61.8 Å². The molecule has 20 heavy (non-hydrogen) atoms. The fraction of sp³-hybridized carbons (Fsp3) is 0.333. The normalized spacial score (nSPS) is 9.15. The van der Waals surface area contributed by atoms with E-state index in [0.29, 0.717) is 23.5 Å². The maximum Gasteiger partial charge on any atom is 0.337 e. The van der Waals surface area contributed by atoms with Gasteiger partial charge in [0.05, 0.1) is 32.0 Å². The van der Waals surface area contributed by atoms with Crippen LogP contribution in [0.15, 0.2) is 18.2 Å². The molecule has 0 amide bonds. The molecule has 0 radical (unpaired) electrons. The van der Waals surface area contributed by atoms with Crippen LogP contribution < -0.4 is 4.74 Å². The number of carbonyl (C=O) groups is 2. The van der Waals surface area contributed by atoms with Crippen molar-refractivity contribution in [2.75, 3.05) is 20.8 Å². The van der Waals surface area contributed by atoms with Crippen LogP contribution in [0.4, 0.5) is 0 Å². The molecule has 106 valence electrons. The Hall–Kier alpha value is -2.48. The molecule has 0 aliphatic rings. The fourth-order valence-corrected chi connectivity index (χ4v) is 1.47. The smallest absolute Gasteiger partial charge is 0.337 e. The first-order valence-corrected chi connectivity index (χ1v) is 6.03. The first kappa shape index (κ1) is 15.6. The molecule has 0 aliphatic carbocycles. The van der Waals surface area contributed by atoms with E-state index in [4.69, 9.17) is 9.47 Å². The van der Waals surface area contributed by atoms with Crippen molar-refractivity contribution in [2.45, 2.75) is 13.3 Å². The second kappa shape index (κ2) is 7.85. The van der Waals surface area contributed by atoms with Gasteiger partial charge in [-0.15, -0.1) is 0 Å². The van der Waals surface area contributed by atoms with Crippen LogP contribution in [0.3, 0.4) is 0 Å². The lowest BCUT2D eigenvalue weighted by Gasteiger charge is -2.05. The highest BCUT2D eigenvalue weighted by Gasteiger charge is 2.09. The summed E-state index contributed by atoms with van der Waals surface area (Å²) in [6.07, 6.45) is -0.0144. The minimum absolute atomic E-state index is 0.0144. The zero-order valence-electron chi connectivity index (χ0n) is 11.7. The predicted molar refractivity (Wildman–Crippen MR) is 72.5 cm³/mol. The Morgan fingerprint density at radius 2 is 2.00 bits per heavy atom. The van der Waals surface area contributed by atoms with Crippen molar-refractivity contribution in [3.8, 4) is 17.6 Å². The highest BCUT2D eigenvalue weighted by molar-refractivity contribution is 5.90. The average Bonchev–Trinajstić information content (AvgIpc) is 2.46. The molecule has 0 aromatic heterocycles. The Balaban J connectivity index is 2.94. The van der Waals surface area contributed by atoms with Crippen molar-refractivity contribution >= 4 is 11.9 Å². The van der Waals surface area contributed by atoms with Gasteiger partial charge in [-0.25, -0.2) is 4.79 Å². The summed E-state index contributed by atoms with van der Waals surface area (Å²) in [7, 11) is 2.81. The van der Waals surface area contributed by atoms with Crippen LogP contribution in [-0.4, -0.2) is 32.8 Å². The molecule has 5 heteroatoms. The number of hydrogen-bond donors (Lipinski definition) is 0. The number of benzene rings is 1. The Morgan fingerprint density at radius 3 is 2.60 bits per heavy atom. The van der Waals surface area contributed by atoms with Crippen LogP contribution in [0.1, 0.15) is 29.3 Å². The summed E-state index contributed by atoms with van der Waals surface area (Å²) in [6.45, 7) is 2.05. The number of rotatable bonds is 4. The Kier molecular flexibility index (Phi) is 6.11. The summed E-state index contributed by atoms with van der Waals surface area (Å²) in [6, 6.07) is 4.77. The van der Waals surface area contributed by atoms with Gasteiger partial charge in [0.1, 0.15) is 12.2 Å². The number of esters is 2. The van der Waals surface area contributed by atoms with Gasteiger partial charge in [-0.1, -0.05) is 11.8 Å². The van der Waals surface area contributed by atoms with E-state index >= 15 is 0 Å². The molecular formula is C15H16O5. The van der Waals surface area contributed by atoms with Crippen molar-refractivity contribution in [2.24, 2.45) is 0 Å². The molecule has 0 unspecified atom stereocenters. The lowest BCUT2D eigenvalue weighted by molar-refractivity contribution is -0.141. The summed E-state index contributed by atoms with van der Waals surface area (Å²) in [4.78, 5) is 22.6. The monoisotopic (exact) mass is 276 g/mol. The van der Waals surface area contributed by atoms with Crippen molar-refractivity contribution in [3.05, 3.63) is 29.3 Å². The summed E-state index contributed by atoms with van der Waals surface area (Å²) in [5.41, 5.74) is 0.883. The van der Waals surface area contributed by atoms with Gasteiger partial charge in [-0.3, -0.25) is 4.79 Å². The fourth-order valence-electron chi connectivity index (χ4n) is 1.47. The average molecular weight is 276 g/mol. The van der Waals surface area contributed by atoms with Gasteiger partial charge in [0, 0.05) is 0 Å². The second-order valence-corrected chi connectivity index (χ2v) is 3.69. The molecule has 0 aliphatic heterocycles. The summed E-state index contributed by atoms with van der Waals surface area (Å²) < 4.78 is 14.6. The van der Waals surface area contributed by atoms with Gasteiger partial charge in [0.2, 0.25) is 0 Å². The van der Waals surface area contributed by atoms with Gasteiger partial charge in [-0.05, 0) is 25.1 Å². The summed E-state index contributed by atoms with van der Waals surface area (Å²) in [5.74, 6) is 5.16. The van der Waals surface area contributed by atoms with Crippen LogP contribution in [0, 0.1) is 11.8 Å². The predicted octanol–water partition coefficient (Wildman–Crippen LogP) is 1.79.